The first-order valence-electron chi connectivity index (χ1n) is 17.2. The fourth-order valence-electron chi connectivity index (χ4n) is 7.99. The molecule has 0 aliphatic heterocycles. The number of hydrogen-bond acceptors (Lipinski definition) is 3. The average Bonchev–Trinajstić information content (AvgIpc) is 3.89. The summed E-state index contributed by atoms with van der Waals surface area (Å²) in [4.78, 5) is 10.3. The zero-order valence-corrected chi connectivity index (χ0v) is 27.4. The lowest BCUT2D eigenvalue weighted by atomic mass is 9.88. The van der Waals surface area contributed by atoms with Gasteiger partial charge in [-0.1, -0.05) is 128 Å². The van der Waals surface area contributed by atoms with Crippen LogP contribution < -0.4 is 0 Å². The van der Waals surface area contributed by atoms with E-state index in [2.05, 4.69) is 141 Å². The first kappa shape index (κ1) is 28.7. The van der Waals surface area contributed by atoms with Crippen LogP contribution in [0.1, 0.15) is 23.5 Å². The third-order valence-corrected chi connectivity index (χ3v) is 10.5. The lowest BCUT2D eigenvalue weighted by Gasteiger charge is -2.15. The van der Waals surface area contributed by atoms with E-state index >= 15 is 0 Å². The molecule has 0 amide bonds. The van der Waals surface area contributed by atoms with Crippen LogP contribution in [0.15, 0.2) is 157 Å². The largest absolute Gasteiger partial charge is 0.455 e. The van der Waals surface area contributed by atoms with Gasteiger partial charge in [-0.15, -0.1) is 0 Å². The average molecular weight is 641 g/mol. The van der Waals surface area contributed by atoms with Crippen LogP contribution in [0.25, 0.3) is 93.7 Å². The van der Waals surface area contributed by atoms with Gasteiger partial charge in [-0.3, -0.25) is 4.98 Å². The number of hydrogen-bond donors (Lipinski definition) is 0. The Balaban J connectivity index is 0.000000754. The molecular formula is C47H32N2O. The van der Waals surface area contributed by atoms with Gasteiger partial charge in [0.25, 0.3) is 0 Å². The second-order valence-corrected chi connectivity index (χ2v) is 13.4. The van der Waals surface area contributed by atoms with Gasteiger partial charge in [0, 0.05) is 32.7 Å². The summed E-state index contributed by atoms with van der Waals surface area (Å²) < 4.78 is 6.61. The summed E-state index contributed by atoms with van der Waals surface area (Å²) >= 11 is 0. The summed E-state index contributed by atoms with van der Waals surface area (Å²) in [5, 5.41) is 9.47. The standard InChI is InChI=1S/C43H26N2O.C4H6/c1-3-9-32-29(7-1)30-8-2-4-10-33(30)42-41(32)44-23-38(45-42)27-16-14-24-13-15-25(19-28(24)20-27)36-22-37-31(18-17-26-21-35(26)37)40-34-11-5-6-12-39(34)46-43(36)40;1-3-4-2/h1-20,22-23,26,35H,21H2;3-4H,1-2H2. The van der Waals surface area contributed by atoms with Crippen molar-refractivity contribution < 1.29 is 4.42 Å². The lowest BCUT2D eigenvalue weighted by Crippen LogP contribution is -1.95. The van der Waals surface area contributed by atoms with Gasteiger partial charge in [0.1, 0.15) is 11.2 Å². The molecule has 2 aliphatic rings. The number of fused-ring (bicyclic) bond motifs is 14. The summed E-state index contributed by atoms with van der Waals surface area (Å²) in [6, 6.07) is 41.3. The molecule has 2 heterocycles. The van der Waals surface area contributed by atoms with Gasteiger partial charge in [0.15, 0.2) is 0 Å². The molecule has 2 aromatic heterocycles. The molecule has 3 nitrogen and oxygen atoms in total. The van der Waals surface area contributed by atoms with Gasteiger partial charge in [0.05, 0.1) is 22.9 Å². The van der Waals surface area contributed by atoms with E-state index in [0.29, 0.717) is 11.8 Å². The Bertz CT molecular complexity index is 2870. The molecule has 236 valence electrons. The Kier molecular flexibility index (Phi) is 6.37. The number of furan rings is 1. The molecule has 11 rings (SSSR count). The second kappa shape index (κ2) is 11.1. The highest BCUT2D eigenvalue weighted by molar-refractivity contribution is 6.23. The zero-order chi connectivity index (χ0) is 33.3. The predicted octanol–water partition coefficient (Wildman–Crippen LogP) is 12.8. The molecule has 50 heavy (non-hydrogen) atoms. The van der Waals surface area contributed by atoms with E-state index in [1.54, 1.807) is 12.2 Å². The Labute approximate surface area is 289 Å². The van der Waals surface area contributed by atoms with Crippen LogP contribution in [0, 0.1) is 5.92 Å². The quantitative estimate of drug-likeness (QED) is 0.142. The van der Waals surface area contributed by atoms with Crippen molar-refractivity contribution in [2.24, 2.45) is 5.92 Å². The van der Waals surface area contributed by atoms with Crippen molar-refractivity contribution >= 4 is 71.4 Å². The summed E-state index contributed by atoms with van der Waals surface area (Å²) in [6.07, 6.45) is 11.2. The van der Waals surface area contributed by atoms with Crippen molar-refractivity contribution in [2.75, 3.05) is 0 Å². The maximum absolute atomic E-state index is 6.61. The number of para-hydroxylation sites is 1. The molecule has 0 saturated heterocycles. The first-order chi connectivity index (χ1) is 24.7. The molecule has 0 bridgehead atoms. The predicted molar refractivity (Wildman–Crippen MR) is 210 cm³/mol. The van der Waals surface area contributed by atoms with Crippen molar-refractivity contribution in [3.05, 3.63) is 164 Å². The third kappa shape index (κ3) is 4.37. The van der Waals surface area contributed by atoms with Gasteiger partial charge >= 0.3 is 0 Å². The minimum absolute atomic E-state index is 0.614. The van der Waals surface area contributed by atoms with E-state index < -0.39 is 0 Å². The third-order valence-electron chi connectivity index (χ3n) is 10.5. The highest BCUT2D eigenvalue weighted by Crippen LogP contribution is 2.56. The van der Waals surface area contributed by atoms with Crippen molar-refractivity contribution in [1.29, 1.82) is 0 Å². The molecule has 2 atom stereocenters. The molecule has 1 saturated carbocycles. The van der Waals surface area contributed by atoms with Gasteiger partial charge in [-0.05, 0) is 80.8 Å². The van der Waals surface area contributed by atoms with Crippen molar-refractivity contribution in [3.63, 3.8) is 0 Å². The number of benzene rings is 7. The van der Waals surface area contributed by atoms with E-state index in [1.165, 1.54) is 61.0 Å². The number of aromatic nitrogens is 2. The molecule has 2 unspecified atom stereocenters. The molecule has 1 fully saturated rings. The van der Waals surface area contributed by atoms with Crippen LogP contribution in [0.3, 0.4) is 0 Å². The number of rotatable bonds is 3. The smallest absolute Gasteiger partial charge is 0.143 e. The number of allylic oxidation sites excluding steroid dienone is 3. The molecule has 0 N–H and O–H groups in total. The number of nitrogens with zero attached hydrogens (tertiary/aromatic N) is 2. The fourth-order valence-corrected chi connectivity index (χ4v) is 7.99. The van der Waals surface area contributed by atoms with Crippen LogP contribution in [0.2, 0.25) is 0 Å². The molecule has 0 radical (unpaired) electrons. The van der Waals surface area contributed by atoms with Crippen molar-refractivity contribution in [1.82, 2.24) is 9.97 Å². The summed E-state index contributed by atoms with van der Waals surface area (Å²) in [5.41, 5.74) is 10.9. The molecule has 0 spiro atoms. The first-order valence-corrected chi connectivity index (χ1v) is 17.2. The minimum atomic E-state index is 0.614. The maximum Gasteiger partial charge on any atom is 0.143 e. The minimum Gasteiger partial charge on any atom is -0.455 e. The van der Waals surface area contributed by atoms with Crippen LogP contribution in [0.4, 0.5) is 0 Å². The van der Waals surface area contributed by atoms with Gasteiger partial charge < -0.3 is 4.42 Å². The van der Waals surface area contributed by atoms with E-state index in [-0.39, 0.29) is 0 Å². The lowest BCUT2D eigenvalue weighted by molar-refractivity contribution is 0.669. The molecular weight excluding hydrogens is 609 g/mol. The monoisotopic (exact) mass is 640 g/mol. The van der Waals surface area contributed by atoms with Crippen molar-refractivity contribution in [3.8, 4) is 22.4 Å². The molecule has 2 aliphatic carbocycles. The summed E-state index contributed by atoms with van der Waals surface area (Å²) in [5.74, 6) is 1.29. The van der Waals surface area contributed by atoms with E-state index in [1.807, 2.05) is 6.20 Å². The fraction of sp³-hybridized carbons (Fsp3) is 0.0638. The van der Waals surface area contributed by atoms with Crippen LogP contribution in [0.5, 0.6) is 0 Å². The zero-order valence-electron chi connectivity index (χ0n) is 27.4. The highest BCUT2D eigenvalue weighted by Gasteiger charge is 2.41. The topological polar surface area (TPSA) is 38.9 Å². The molecule has 9 aromatic rings. The normalized spacial score (nSPS) is 16.0. The van der Waals surface area contributed by atoms with Gasteiger partial charge in [0.2, 0.25) is 0 Å². The molecule has 3 heteroatoms. The van der Waals surface area contributed by atoms with Crippen LogP contribution >= 0.6 is 0 Å². The highest BCUT2D eigenvalue weighted by atomic mass is 16.3. The SMILES string of the molecule is C1=CC2CC2c2cc(-c3ccc4ccc(-c5cnc6c7ccccc7c7ccccc7c6n5)cc4c3)c3oc4ccccc4c3c21.C=CC=C. The van der Waals surface area contributed by atoms with Gasteiger partial charge in [-0.2, -0.15) is 0 Å². The Morgan fingerprint density at radius 1 is 0.660 bits per heavy atom. The summed E-state index contributed by atoms with van der Waals surface area (Å²) in [6.45, 7) is 6.72. The van der Waals surface area contributed by atoms with Gasteiger partial charge in [-0.25, -0.2) is 4.98 Å². The maximum atomic E-state index is 6.61. The summed E-state index contributed by atoms with van der Waals surface area (Å²) in [7, 11) is 0. The second-order valence-electron chi connectivity index (χ2n) is 13.4. The van der Waals surface area contributed by atoms with E-state index in [0.717, 1.165) is 44.2 Å². The molecule has 7 aromatic carbocycles. The Morgan fingerprint density at radius 2 is 1.32 bits per heavy atom. The Hall–Kier alpha value is -6.32. The van der Waals surface area contributed by atoms with E-state index in [9.17, 15) is 0 Å². The van der Waals surface area contributed by atoms with E-state index in [4.69, 9.17) is 14.4 Å². The van der Waals surface area contributed by atoms with Crippen molar-refractivity contribution in [2.45, 2.75) is 12.3 Å². The van der Waals surface area contributed by atoms with Crippen LogP contribution in [-0.4, -0.2) is 9.97 Å². The Morgan fingerprint density at radius 3 is 2.08 bits per heavy atom. The van der Waals surface area contributed by atoms with Crippen LogP contribution in [-0.2, 0) is 0 Å².